The molecule has 18 heavy (non-hydrogen) atoms. The normalized spacial score (nSPS) is 18.8. The number of carboxylic acid groups (broad SMARTS) is 1. The van der Waals surface area contributed by atoms with E-state index in [1.54, 1.807) is 0 Å². The van der Waals surface area contributed by atoms with E-state index in [2.05, 4.69) is 0 Å². The summed E-state index contributed by atoms with van der Waals surface area (Å²) < 4.78 is 13.6. The molecule has 0 radical (unpaired) electrons. The minimum absolute atomic E-state index is 0.0391. The maximum Gasteiger partial charge on any atom is 0.308 e. The van der Waals surface area contributed by atoms with Gasteiger partial charge in [0.05, 0.1) is 23.2 Å². The quantitative estimate of drug-likeness (QED) is 0.850. The molecule has 0 aromatic heterocycles. The molecule has 1 saturated heterocycles. The highest BCUT2D eigenvalue weighted by atomic mass is 19.1. The largest absolute Gasteiger partial charge is 0.481 e. The van der Waals surface area contributed by atoms with Crippen LogP contribution in [-0.4, -0.2) is 23.5 Å². The molecule has 2 rings (SSSR count). The van der Waals surface area contributed by atoms with Gasteiger partial charge in [0.1, 0.15) is 5.82 Å². The molecule has 0 bridgehead atoms. The third-order valence-electron chi connectivity index (χ3n) is 2.84. The SMILES string of the molecule is N#Cc1ccc(F)c(N2CC(C(=O)O)CC2=O)c1. The van der Waals surface area contributed by atoms with Crippen LogP contribution in [0.5, 0.6) is 0 Å². The molecule has 5 nitrogen and oxygen atoms in total. The van der Waals surface area contributed by atoms with Gasteiger partial charge in [0, 0.05) is 13.0 Å². The van der Waals surface area contributed by atoms with Crippen LogP contribution in [0.4, 0.5) is 10.1 Å². The standard InChI is InChI=1S/C12H9FN2O3/c13-9-2-1-7(5-14)3-10(9)15-6-8(12(17)18)4-11(15)16/h1-3,8H,4,6H2,(H,17,18). The molecule has 1 amide bonds. The topological polar surface area (TPSA) is 81.4 Å². The predicted octanol–water partition coefficient (Wildman–Crippen LogP) is 1.13. The van der Waals surface area contributed by atoms with Gasteiger partial charge >= 0.3 is 5.97 Å². The maximum atomic E-state index is 13.6. The molecule has 6 heteroatoms. The first-order valence-electron chi connectivity index (χ1n) is 5.25. The van der Waals surface area contributed by atoms with Crippen molar-refractivity contribution in [2.45, 2.75) is 6.42 Å². The summed E-state index contributed by atoms with van der Waals surface area (Å²) in [6.45, 7) is -0.0695. The number of hydrogen-bond acceptors (Lipinski definition) is 3. The molecule has 1 N–H and O–H groups in total. The van der Waals surface area contributed by atoms with Crippen molar-refractivity contribution in [1.29, 1.82) is 5.26 Å². The first-order chi connectivity index (χ1) is 8.52. The van der Waals surface area contributed by atoms with Crippen LogP contribution in [0.25, 0.3) is 0 Å². The Morgan fingerprint density at radius 2 is 2.28 bits per heavy atom. The van der Waals surface area contributed by atoms with Crippen LogP contribution < -0.4 is 4.90 Å². The number of carbonyl (C=O) groups excluding carboxylic acids is 1. The molecule has 1 aliphatic rings. The minimum Gasteiger partial charge on any atom is -0.481 e. The Labute approximate surface area is 102 Å². The van der Waals surface area contributed by atoms with E-state index >= 15 is 0 Å². The lowest BCUT2D eigenvalue weighted by atomic mass is 10.1. The van der Waals surface area contributed by atoms with Crippen LogP contribution in [0, 0.1) is 23.1 Å². The molecule has 1 aromatic carbocycles. The van der Waals surface area contributed by atoms with E-state index < -0.39 is 23.6 Å². The summed E-state index contributed by atoms with van der Waals surface area (Å²) in [5.74, 6) is -3.00. The van der Waals surface area contributed by atoms with Crippen LogP contribution in [0.3, 0.4) is 0 Å². The summed E-state index contributed by atoms with van der Waals surface area (Å²) in [6.07, 6.45) is -0.147. The molecule has 1 unspecified atom stereocenters. The third-order valence-corrected chi connectivity index (χ3v) is 2.84. The molecule has 92 valence electrons. The second-order valence-electron chi connectivity index (χ2n) is 4.02. The van der Waals surface area contributed by atoms with Crippen molar-refractivity contribution >= 4 is 17.6 Å². The van der Waals surface area contributed by atoms with Gasteiger partial charge in [-0.25, -0.2) is 4.39 Å². The van der Waals surface area contributed by atoms with Crippen molar-refractivity contribution in [1.82, 2.24) is 0 Å². The summed E-state index contributed by atoms with van der Waals surface area (Å²) >= 11 is 0. The predicted molar refractivity (Wildman–Crippen MR) is 59.2 cm³/mol. The summed E-state index contributed by atoms with van der Waals surface area (Å²) in [6, 6.07) is 5.49. The maximum absolute atomic E-state index is 13.6. The zero-order valence-corrected chi connectivity index (χ0v) is 9.26. The number of carboxylic acids is 1. The van der Waals surface area contributed by atoms with E-state index in [1.807, 2.05) is 6.07 Å². The number of aliphatic carboxylic acids is 1. The lowest BCUT2D eigenvalue weighted by Crippen LogP contribution is -2.26. The second-order valence-corrected chi connectivity index (χ2v) is 4.02. The fraction of sp³-hybridized carbons (Fsp3) is 0.250. The molecule has 1 heterocycles. The minimum atomic E-state index is -1.08. The zero-order chi connectivity index (χ0) is 13.3. The number of hydrogen-bond donors (Lipinski definition) is 1. The molecule has 1 aromatic rings. The van der Waals surface area contributed by atoms with Crippen molar-refractivity contribution in [2.24, 2.45) is 5.92 Å². The number of amides is 1. The van der Waals surface area contributed by atoms with Crippen LogP contribution >= 0.6 is 0 Å². The Bertz CT molecular complexity index is 565. The van der Waals surface area contributed by atoms with Gasteiger partial charge in [0.15, 0.2) is 0 Å². The van der Waals surface area contributed by atoms with Crippen LogP contribution in [0.2, 0.25) is 0 Å². The number of anilines is 1. The fourth-order valence-electron chi connectivity index (χ4n) is 1.89. The van der Waals surface area contributed by atoms with Gasteiger partial charge in [0.25, 0.3) is 0 Å². The van der Waals surface area contributed by atoms with E-state index in [1.165, 1.54) is 12.1 Å². The van der Waals surface area contributed by atoms with Crippen LogP contribution in [0.1, 0.15) is 12.0 Å². The van der Waals surface area contributed by atoms with Gasteiger partial charge < -0.3 is 10.0 Å². The van der Waals surface area contributed by atoms with Crippen molar-refractivity contribution in [3.63, 3.8) is 0 Å². The Morgan fingerprint density at radius 3 is 2.83 bits per heavy atom. The summed E-state index contributed by atoms with van der Waals surface area (Å²) in [5.41, 5.74) is 0.181. The zero-order valence-electron chi connectivity index (χ0n) is 9.26. The smallest absolute Gasteiger partial charge is 0.308 e. The van der Waals surface area contributed by atoms with Crippen molar-refractivity contribution < 1.29 is 19.1 Å². The van der Waals surface area contributed by atoms with Gasteiger partial charge in [-0.2, -0.15) is 5.26 Å². The Morgan fingerprint density at radius 1 is 1.56 bits per heavy atom. The van der Waals surface area contributed by atoms with Gasteiger partial charge in [0.2, 0.25) is 5.91 Å². The van der Waals surface area contributed by atoms with E-state index in [9.17, 15) is 14.0 Å². The highest BCUT2D eigenvalue weighted by Crippen LogP contribution is 2.28. The second kappa shape index (κ2) is 4.45. The summed E-state index contributed by atoms with van der Waals surface area (Å²) in [7, 11) is 0. The molecule has 1 aliphatic heterocycles. The number of benzene rings is 1. The molecule has 1 atom stereocenters. The average molecular weight is 248 g/mol. The average Bonchev–Trinajstić information content (AvgIpc) is 2.72. The number of carbonyl (C=O) groups is 2. The fourth-order valence-corrected chi connectivity index (χ4v) is 1.89. The van der Waals surface area contributed by atoms with E-state index in [0.717, 1.165) is 11.0 Å². The number of halogens is 1. The summed E-state index contributed by atoms with van der Waals surface area (Å²) in [4.78, 5) is 23.5. The monoisotopic (exact) mass is 248 g/mol. The van der Waals surface area contributed by atoms with Crippen LogP contribution in [0.15, 0.2) is 18.2 Å². The molecule has 1 fully saturated rings. The van der Waals surface area contributed by atoms with Gasteiger partial charge in [-0.1, -0.05) is 0 Å². The van der Waals surface area contributed by atoms with Crippen molar-refractivity contribution in [3.05, 3.63) is 29.6 Å². The lowest BCUT2D eigenvalue weighted by Gasteiger charge is -2.17. The number of rotatable bonds is 2. The first-order valence-corrected chi connectivity index (χ1v) is 5.25. The molecular formula is C12H9FN2O3. The Balaban J connectivity index is 2.35. The highest BCUT2D eigenvalue weighted by molar-refractivity contribution is 5.99. The number of nitrogens with zero attached hydrogens (tertiary/aromatic N) is 2. The molecule has 0 spiro atoms. The highest BCUT2D eigenvalue weighted by Gasteiger charge is 2.36. The third kappa shape index (κ3) is 2.02. The molecular weight excluding hydrogens is 239 g/mol. The molecule has 0 saturated carbocycles. The van der Waals surface area contributed by atoms with E-state index in [-0.39, 0.29) is 24.2 Å². The lowest BCUT2D eigenvalue weighted by molar-refractivity contribution is -0.141. The van der Waals surface area contributed by atoms with Crippen LogP contribution in [-0.2, 0) is 9.59 Å². The van der Waals surface area contributed by atoms with E-state index in [4.69, 9.17) is 10.4 Å². The Kier molecular flexibility index (Phi) is 2.98. The summed E-state index contributed by atoms with van der Waals surface area (Å²) in [5, 5.41) is 17.6. The molecule has 0 aliphatic carbocycles. The van der Waals surface area contributed by atoms with Gasteiger partial charge in [-0.15, -0.1) is 0 Å². The van der Waals surface area contributed by atoms with E-state index in [0.29, 0.717) is 0 Å². The van der Waals surface area contributed by atoms with Crippen molar-refractivity contribution in [2.75, 3.05) is 11.4 Å². The van der Waals surface area contributed by atoms with Gasteiger partial charge in [-0.3, -0.25) is 9.59 Å². The first kappa shape index (κ1) is 12.0. The number of nitriles is 1. The van der Waals surface area contributed by atoms with Crippen molar-refractivity contribution in [3.8, 4) is 6.07 Å². The Hall–Kier alpha value is -2.42. The van der Waals surface area contributed by atoms with Gasteiger partial charge in [-0.05, 0) is 18.2 Å².